The van der Waals surface area contributed by atoms with Crippen molar-refractivity contribution in [2.24, 2.45) is 0 Å². The molecule has 2 aromatic carbocycles. The summed E-state index contributed by atoms with van der Waals surface area (Å²) in [4.78, 5) is 40.1. The number of nitrogens with two attached hydrogens (primary N) is 1. The first-order valence-corrected chi connectivity index (χ1v) is 20.6. The first-order valence-electron chi connectivity index (χ1n) is 19.8. The maximum Gasteiger partial charge on any atom is 0.419 e. The lowest BCUT2D eigenvalue weighted by atomic mass is 9.88. The van der Waals surface area contributed by atoms with Gasteiger partial charge in [0.25, 0.3) is 0 Å². The Morgan fingerprint density at radius 3 is 2.49 bits per heavy atom. The van der Waals surface area contributed by atoms with Crippen LogP contribution in [0.25, 0.3) is 32.1 Å². The third-order valence-corrected chi connectivity index (χ3v) is 13.3. The van der Waals surface area contributed by atoms with Gasteiger partial charge in [-0.1, -0.05) is 6.07 Å². The molecule has 6 heterocycles. The Balaban J connectivity index is 1.29. The largest absolute Gasteiger partial charge is 0.461 e. The smallest absolute Gasteiger partial charge is 0.419 e. The summed E-state index contributed by atoms with van der Waals surface area (Å²) in [6, 6.07) is 2.41. The van der Waals surface area contributed by atoms with Crippen molar-refractivity contribution in [3.63, 3.8) is 0 Å². The molecule has 4 aromatic rings. The van der Waals surface area contributed by atoms with Gasteiger partial charge in [-0.2, -0.15) is 41.6 Å². The SMILES string of the molecule is CCN(c1nc(OC[C@@]23CCCN2C[C@H](F)C3)nc2c(C(F)(F)F)c(-c3ccc(F)c4sc(N)c(C#N)c34)c(C(F)(F)F)cc12)[C@H]1CCN(C(=O)O[C@@H]2CCN(C(C)=O)C2)C1. The molecule has 4 aliphatic heterocycles. The molecule has 326 valence electrons. The summed E-state index contributed by atoms with van der Waals surface area (Å²) in [6.07, 6.45) is -11.4. The van der Waals surface area contributed by atoms with Gasteiger partial charge in [-0.25, -0.2) is 13.6 Å². The minimum absolute atomic E-state index is 0.000696. The zero-order chi connectivity index (χ0) is 43.8. The molecule has 61 heavy (non-hydrogen) atoms. The van der Waals surface area contributed by atoms with Crippen molar-refractivity contribution in [2.45, 2.75) is 82.2 Å². The molecule has 0 spiro atoms. The first-order chi connectivity index (χ1) is 28.8. The van der Waals surface area contributed by atoms with Crippen LogP contribution in [0, 0.1) is 17.1 Å². The normalized spacial score (nSPS) is 23.3. The average Bonchev–Trinajstić information content (AvgIpc) is 4.02. The van der Waals surface area contributed by atoms with Crippen LogP contribution in [0.5, 0.6) is 6.01 Å². The van der Waals surface area contributed by atoms with Crippen LogP contribution in [0.15, 0.2) is 18.2 Å². The van der Waals surface area contributed by atoms with Crippen molar-refractivity contribution in [3.05, 3.63) is 40.7 Å². The molecule has 4 fully saturated rings. The van der Waals surface area contributed by atoms with Crippen molar-refractivity contribution >= 4 is 55.1 Å². The summed E-state index contributed by atoms with van der Waals surface area (Å²) < 4.78 is 135. The van der Waals surface area contributed by atoms with Crippen molar-refractivity contribution in [1.29, 1.82) is 5.26 Å². The lowest BCUT2D eigenvalue weighted by Gasteiger charge is -2.32. The number of fused-ring (bicyclic) bond motifs is 3. The van der Waals surface area contributed by atoms with E-state index in [-0.39, 0.29) is 68.9 Å². The molecule has 0 unspecified atom stereocenters. The van der Waals surface area contributed by atoms with Gasteiger partial charge >= 0.3 is 24.5 Å². The second kappa shape index (κ2) is 15.6. The Bertz CT molecular complexity index is 2460. The molecule has 4 aliphatic rings. The lowest BCUT2D eigenvalue weighted by molar-refractivity contribution is -0.141. The number of nitrogen functional groups attached to an aromatic ring is 1. The van der Waals surface area contributed by atoms with E-state index in [4.69, 9.17) is 15.2 Å². The molecular weight excluding hydrogens is 841 g/mol. The molecule has 0 saturated carbocycles. The number of likely N-dealkylation sites (tertiary alicyclic amines) is 2. The van der Waals surface area contributed by atoms with Crippen LogP contribution >= 0.6 is 11.3 Å². The highest BCUT2D eigenvalue weighted by molar-refractivity contribution is 7.23. The number of nitriles is 1. The lowest BCUT2D eigenvalue weighted by Crippen LogP contribution is -2.43. The molecule has 21 heteroatoms. The van der Waals surface area contributed by atoms with Crippen LogP contribution in [0.3, 0.4) is 0 Å². The second-order valence-corrected chi connectivity index (χ2v) is 17.0. The van der Waals surface area contributed by atoms with Gasteiger partial charge in [-0.3, -0.25) is 9.69 Å². The number of carbonyl (C=O) groups excluding carboxylic acids is 2. The number of nitrogens with zero attached hydrogens (tertiary/aromatic N) is 7. The summed E-state index contributed by atoms with van der Waals surface area (Å²) in [5, 5.41) is 8.48. The Kier molecular flexibility index (Phi) is 10.9. The number of carbonyl (C=O) groups is 2. The van der Waals surface area contributed by atoms with Crippen molar-refractivity contribution in [1.82, 2.24) is 24.7 Å². The van der Waals surface area contributed by atoms with E-state index >= 15 is 30.7 Å². The van der Waals surface area contributed by atoms with E-state index in [0.29, 0.717) is 55.8 Å². The van der Waals surface area contributed by atoms with E-state index in [1.54, 1.807) is 17.9 Å². The highest BCUT2D eigenvalue weighted by atomic mass is 32.1. The number of likely N-dealkylation sites (N-methyl/N-ethyl adjacent to an activating group) is 1. The Hall–Kier alpha value is -5.23. The Morgan fingerprint density at radius 1 is 1.07 bits per heavy atom. The summed E-state index contributed by atoms with van der Waals surface area (Å²) >= 11 is 0.515. The van der Waals surface area contributed by atoms with Crippen LogP contribution in [0.2, 0.25) is 0 Å². The fourth-order valence-electron chi connectivity index (χ4n) is 9.52. The van der Waals surface area contributed by atoms with Crippen LogP contribution < -0.4 is 15.4 Å². The molecular formula is C40H40F8N8O4S. The number of halogens is 8. The molecule has 4 saturated heterocycles. The van der Waals surface area contributed by atoms with E-state index in [0.717, 1.165) is 6.07 Å². The van der Waals surface area contributed by atoms with Gasteiger partial charge in [0.2, 0.25) is 5.91 Å². The minimum atomic E-state index is -5.55. The van der Waals surface area contributed by atoms with Gasteiger partial charge in [-0.05, 0) is 50.4 Å². The number of anilines is 2. The number of aromatic nitrogens is 2. The number of benzene rings is 2. The molecule has 2 amide bonds. The van der Waals surface area contributed by atoms with Gasteiger partial charge in [0.15, 0.2) is 0 Å². The molecule has 0 bridgehead atoms. The highest BCUT2D eigenvalue weighted by Crippen LogP contribution is 2.52. The molecule has 2 aromatic heterocycles. The third-order valence-electron chi connectivity index (χ3n) is 12.3. The predicted octanol–water partition coefficient (Wildman–Crippen LogP) is 7.76. The summed E-state index contributed by atoms with van der Waals surface area (Å²) in [7, 11) is 0. The molecule has 2 N–H and O–H groups in total. The predicted molar refractivity (Wildman–Crippen MR) is 208 cm³/mol. The molecule has 0 radical (unpaired) electrons. The van der Waals surface area contributed by atoms with Crippen LogP contribution in [-0.4, -0.2) is 113 Å². The fourth-order valence-corrected chi connectivity index (χ4v) is 10.5. The van der Waals surface area contributed by atoms with Crippen LogP contribution in [0.1, 0.15) is 62.6 Å². The van der Waals surface area contributed by atoms with Crippen LogP contribution in [-0.2, 0) is 21.9 Å². The third kappa shape index (κ3) is 7.59. The summed E-state index contributed by atoms with van der Waals surface area (Å²) in [5.41, 5.74) is -2.03. The molecule has 0 aliphatic carbocycles. The number of hydrogen-bond acceptors (Lipinski definition) is 11. The van der Waals surface area contributed by atoms with E-state index in [2.05, 4.69) is 9.97 Å². The van der Waals surface area contributed by atoms with Crippen molar-refractivity contribution in [3.8, 4) is 23.2 Å². The second-order valence-electron chi connectivity index (χ2n) is 15.9. The average molecular weight is 881 g/mol. The summed E-state index contributed by atoms with van der Waals surface area (Å²) in [5.74, 6) is -1.51. The topological polar surface area (TPSA) is 141 Å². The monoisotopic (exact) mass is 880 g/mol. The van der Waals surface area contributed by atoms with Crippen molar-refractivity contribution in [2.75, 3.05) is 63.1 Å². The number of hydrogen-bond donors (Lipinski definition) is 1. The number of amides is 2. The Labute approximate surface area is 347 Å². The number of rotatable bonds is 8. The van der Waals surface area contributed by atoms with E-state index < -0.39 is 103 Å². The zero-order valence-electron chi connectivity index (χ0n) is 32.9. The van der Waals surface area contributed by atoms with Gasteiger partial charge in [0.1, 0.15) is 41.6 Å². The number of ether oxygens (including phenoxy) is 2. The quantitative estimate of drug-likeness (QED) is 0.175. The standard InChI is InChI=1S/C40H40F8N8O4S/c1-3-56(22-7-11-54(17-22)37(58)60-23-8-12-53(18-23)20(2)57)35-25-13-27(39(43,44)45)30(24-5-6-28(42)33-29(24)26(15-49)34(50)61-33)31(40(46,47)48)32(25)51-36(52-35)59-19-38-9-4-10-55(38)16-21(41)14-38/h5-6,13,21-23H,3-4,7-12,14,16-19,50H2,1-2H3/t21-,22+,23-,38+/m1/s1. The number of alkyl halides is 7. The maximum atomic E-state index is 15.8. The van der Waals surface area contributed by atoms with Gasteiger partial charge < -0.3 is 29.9 Å². The van der Waals surface area contributed by atoms with Crippen LogP contribution in [0.4, 0.5) is 50.7 Å². The maximum absolute atomic E-state index is 15.8. The first kappa shape index (κ1) is 42.5. The fraction of sp³-hybridized carbons (Fsp3) is 0.525. The van der Waals surface area contributed by atoms with E-state index in [9.17, 15) is 19.2 Å². The zero-order valence-corrected chi connectivity index (χ0v) is 33.7. The summed E-state index contributed by atoms with van der Waals surface area (Å²) in [6.45, 7) is 4.24. The Morgan fingerprint density at radius 2 is 1.82 bits per heavy atom. The van der Waals surface area contributed by atoms with Gasteiger partial charge in [0, 0.05) is 74.9 Å². The van der Waals surface area contributed by atoms with E-state index in [1.165, 1.54) is 16.7 Å². The molecule has 4 atom stereocenters. The van der Waals surface area contributed by atoms with E-state index in [1.807, 2.05) is 4.90 Å². The molecule has 8 rings (SSSR count). The van der Waals surface area contributed by atoms with Gasteiger partial charge in [-0.15, -0.1) is 11.3 Å². The highest BCUT2D eigenvalue weighted by Gasteiger charge is 2.50. The number of thiophene rings is 1. The van der Waals surface area contributed by atoms with Crippen molar-refractivity contribution < 1.29 is 54.2 Å². The minimum Gasteiger partial charge on any atom is -0.461 e. The molecule has 12 nitrogen and oxygen atoms in total. The van der Waals surface area contributed by atoms with Gasteiger partial charge in [0.05, 0.1) is 39.0 Å².